The number of benzene rings is 2. The fraction of sp³-hybridized carbons (Fsp3) is 0.381. The molecule has 26 heavy (non-hydrogen) atoms. The second kappa shape index (κ2) is 8.13. The van der Waals surface area contributed by atoms with Crippen molar-refractivity contribution in [3.63, 3.8) is 0 Å². The molecular formula is C21H26N2O3. The lowest BCUT2D eigenvalue weighted by Gasteiger charge is -2.32. The molecule has 0 saturated carbocycles. The van der Waals surface area contributed by atoms with E-state index in [0.29, 0.717) is 13.1 Å². The molecule has 0 unspecified atom stereocenters. The summed E-state index contributed by atoms with van der Waals surface area (Å²) < 4.78 is 11.4. The summed E-state index contributed by atoms with van der Waals surface area (Å²) in [5, 5.41) is 0. The lowest BCUT2D eigenvalue weighted by molar-refractivity contribution is 0.0590. The third kappa shape index (κ3) is 4.10. The third-order valence-electron chi connectivity index (χ3n) is 4.70. The van der Waals surface area contributed by atoms with Crippen LogP contribution in [0.4, 0.5) is 5.69 Å². The number of para-hydroxylation sites is 2. The number of anilines is 1. The summed E-state index contributed by atoms with van der Waals surface area (Å²) in [6.45, 7) is 1.40. The van der Waals surface area contributed by atoms with E-state index in [2.05, 4.69) is 0 Å². The summed E-state index contributed by atoms with van der Waals surface area (Å²) in [5.74, 6) is 1.59. The second-order valence-electron chi connectivity index (χ2n) is 6.71. The van der Waals surface area contributed by atoms with Crippen molar-refractivity contribution in [2.75, 3.05) is 39.2 Å². The predicted octanol–water partition coefficient (Wildman–Crippen LogP) is 3.44. The average molecular weight is 354 g/mol. The van der Waals surface area contributed by atoms with Gasteiger partial charge >= 0.3 is 0 Å². The first-order valence-corrected chi connectivity index (χ1v) is 8.95. The molecule has 0 aromatic heterocycles. The monoisotopic (exact) mass is 354 g/mol. The molecule has 5 heteroatoms. The number of carbonyl (C=O) groups is 1. The zero-order chi connectivity index (χ0) is 18.5. The van der Waals surface area contributed by atoms with E-state index < -0.39 is 0 Å². The molecule has 1 fully saturated rings. The van der Waals surface area contributed by atoms with Crippen LogP contribution in [0.2, 0.25) is 0 Å². The molecule has 1 saturated heterocycles. The molecule has 0 aliphatic carbocycles. The normalized spacial score (nSPS) is 14.8. The van der Waals surface area contributed by atoms with Crippen LogP contribution in [0.25, 0.3) is 0 Å². The lowest BCUT2D eigenvalue weighted by Crippen LogP contribution is -2.41. The third-order valence-corrected chi connectivity index (χ3v) is 4.70. The first kappa shape index (κ1) is 18.1. The van der Waals surface area contributed by atoms with Crippen molar-refractivity contribution in [2.45, 2.75) is 18.9 Å². The van der Waals surface area contributed by atoms with Gasteiger partial charge in [-0.15, -0.1) is 0 Å². The van der Waals surface area contributed by atoms with E-state index in [1.807, 2.05) is 72.4 Å². The van der Waals surface area contributed by atoms with Crippen LogP contribution < -0.4 is 14.4 Å². The van der Waals surface area contributed by atoms with Crippen molar-refractivity contribution in [3.05, 3.63) is 54.1 Å². The maximum atomic E-state index is 12.8. The summed E-state index contributed by atoms with van der Waals surface area (Å²) in [6.07, 6.45) is 1.73. The van der Waals surface area contributed by atoms with Crippen LogP contribution in [-0.2, 0) is 0 Å². The van der Waals surface area contributed by atoms with Crippen molar-refractivity contribution in [3.8, 4) is 11.5 Å². The highest BCUT2D eigenvalue weighted by molar-refractivity contribution is 5.95. The highest BCUT2D eigenvalue weighted by Crippen LogP contribution is 2.29. The fourth-order valence-electron chi connectivity index (χ4n) is 3.17. The molecule has 1 heterocycles. The van der Waals surface area contributed by atoms with E-state index in [1.54, 1.807) is 7.11 Å². The minimum atomic E-state index is 0.0874. The summed E-state index contributed by atoms with van der Waals surface area (Å²) in [6, 6.07) is 15.4. The van der Waals surface area contributed by atoms with Crippen LogP contribution in [0.3, 0.4) is 0 Å². The van der Waals surface area contributed by atoms with Gasteiger partial charge in [0.05, 0.1) is 7.11 Å². The van der Waals surface area contributed by atoms with Crippen molar-refractivity contribution in [1.29, 1.82) is 0 Å². The number of piperidine rings is 1. The number of carbonyl (C=O) groups excluding carboxylic acids is 1. The van der Waals surface area contributed by atoms with Gasteiger partial charge in [-0.05, 0) is 30.3 Å². The van der Waals surface area contributed by atoms with Gasteiger partial charge in [-0.1, -0.05) is 18.2 Å². The minimum absolute atomic E-state index is 0.0874. The molecule has 0 radical (unpaired) electrons. The minimum Gasteiger partial charge on any atom is -0.493 e. The van der Waals surface area contributed by atoms with Gasteiger partial charge in [0.25, 0.3) is 5.91 Å². The highest BCUT2D eigenvalue weighted by Gasteiger charge is 2.25. The van der Waals surface area contributed by atoms with Gasteiger partial charge in [-0.25, -0.2) is 0 Å². The van der Waals surface area contributed by atoms with Gasteiger partial charge in [-0.2, -0.15) is 0 Å². The van der Waals surface area contributed by atoms with Crippen molar-refractivity contribution < 1.29 is 14.3 Å². The van der Waals surface area contributed by atoms with Crippen LogP contribution in [0, 0.1) is 0 Å². The SMILES string of the molecule is COc1ccccc1OC1CCN(C(=O)c2cccc(N(C)C)c2)CC1. The topological polar surface area (TPSA) is 42.0 Å². The van der Waals surface area contributed by atoms with E-state index in [1.165, 1.54) is 0 Å². The van der Waals surface area contributed by atoms with Crippen LogP contribution >= 0.6 is 0 Å². The Hall–Kier alpha value is -2.69. The van der Waals surface area contributed by atoms with E-state index in [9.17, 15) is 4.79 Å². The lowest BCUT2D eigenvalue weighted by atomic mass is 10.1. The number of hydrogen-bond acceptors (Lipinski definition) is 4. The van der Waals surface area contributed by atoms with Crippen molar-refractivity contribution in [2.24, 2.45) is 0 Å². The zero-order valence-electron chi connectivity index (χ0n) is 15.6. The molecule has 2 aromatic carbocycles. The molecular weight excluding hydrogens is 328 g/mol. The Morgan fingerprint density at radius 3 is 2.38 bits per heavy atom. The molecule has 0 N–H and O–H groups in total. The second-order valence-corrected chi connectivity index (χ2v) is 6.71. The Balaban J connectivity index is 1.60. The highest BCUT2D eigenvalue weighted by atomic mass is 16.5. The fourth-order valence-corrected chi connectivity index (χ4v) is 3.17. The zero-order valence-corrected chi connectivity index (χ0v) is 15.6. The number of likely N-dealkylation sites (tertiary alicyclic amines) is 1. The van der Waals surface area contributed by atoms with E-state index in [4.69, 9.17) is 9.47 Å². The van der Waals surface area contributed by atoms with Gasteiger partial charge in [0.2, 0.25) is 0 Å². The Morgan fingerprint density at radius 1 is 1.04 bits per heavy atom. The van der Waals surface area contributed by atoms with E-state index in [0.717, 1.165) is 35.6 Å². The first-order valence-electron chi connectivity index (χ1n) is 8.95. The summed E-state index contributed by atoms with van der Waals surface area (Å²) in [7, 11) is 5.60. The smallest absolute Gasteiger partial charge is 0.253 e. The Morgan fingerprint density at radius 2 is 1.73 bits per heavy atom. The van der Waals surface area contributed by atoms with Gasteiger partial charge in [0, 0.05) is 51.3 Å². The molecule has 2 aromatic rings. The Bertz CT molecular complexity index is 752. The van der Waals surface area contributed by atoms with Crippen LogP contribution in [0.5, 0.6) is 11.5 Å². The van der Waals surface area contributed by atoms with Crippen molar-refractivity contribution >= 4 is 11.6 Å². The maximum absolute atomic E-state index is 12.8. The largest absolute Gasteiger partial charge is 0.493 e. The number of nitrogens with zero attached hydrogens (tertiary/aromatic N) is 2. The molecule has 0 spiro atoms. The first-order chi connectivity index (χ1) is 12.6. The Kier molecular flexibility index (Phi) is 5.66. The van der Waals surface area contributed by atoms with Gasteiger partial charge < -0.3 is 19.3 Å². The van der Waals surface area contributed by atoms with Gasteiger partial charge in [0.15, 0.2) is 11.5 Å². The molecule has 0 atom stereocenters. The molecule has 1 amide bonds. The standard InChI is InChI=1S/C21H26N2O3/c1-22(2)17-8-6-7-16(15-17)21(24)23-13-11-18(12-14-23)26-20-10-5-4-9-19(20)25-3/h4-10,15,18H,11-14H2,1-3H3. The van der Waals surface area contributed by atoms with Crippen molar-refractivity contribution in [1.82, 2.24) is 4.90 Å². The molecule has 138 valence electrons. The molecule has 0 bridgehead atoms. The average Bonchev–Trinajstić information content (AvgIpc) is 2.68. The van der Waals surface area contributed by atoms with E-state index in [-0.39, 0.29) is 12.0 Å². The number of rotatable bonds is 5. The molecule has 1 aliphatic rings. The summed E-state index contributed by atoms with van der Waals surface area (Å²) in [4.78, 5) is 16.7. The summed E-state index contributed by atoms with van der Waals surface area (Å²) >= 11 is 0. The quantitative estimate of drug-likeness (QED) is 0.825. The van der Waals surface area contributed by atoms with Crippen LogP contribution in [0.15, 0.2) is 48.5 Å². The van der Waals surface area contributed by atoms with Gasteiger partial charge in [-0.3, -0.25) is 4.79 Å². The number of amides is 1. The molecule has 1 aliphatic heterocycles. The van der Waals surface area contributed by atoms with Crippen LogP contribution in [-0.4, -0.2) is 51.2 Å². The maximum Gasteiger partial charge on any atom is 0.253 e. The van der Waals surface area contributed by atoms with Crippen LogP contribution in [0.1, 0.15) is 23.2 Å². The number of methoxy groups -OCH3 is 1. The molecule has 5 nitrogen and oxygen atoms in total. The Labute approximate surface area is 155 Å². The summed E-state index contributed by atoms with van der Waals surface area (Å²) in [5.41, 5.74) is 1.77. The number of hydrogen-bond donors (Lipinski definition) is 0. The number of ether oxygens (including phenoxy) is 2. The molecule has 3 rings (SSSR count). The predicted molar refractivity (Wildman–Crippen MR) is 103 cm³/mol. The van der Waals surface area contributed by atoms with Gasteiger partial charge in [0.1, 0.15) is 6.10 Å². The van der Waals surface area contributed by atoms with E-state index >= 15 is 0 Å².